The minimum Gasteiger partial charge on any atom is -0.389 e. The molecule has 1 amide bonds. The number of anilines is 1. The van der Waals surface area contributed by atoms with E-state index < -0.39 is 0 Å². The first-order valence-electron chi connectivity index (χ1n) is 6.00. The van der Waals surface area contributed by atoms with Gasteiger partial charge >= 0.3 is 0 Å². The zero-order valence-electron chi connectivity index (χ0n) is 10.4. The topological polar surface area (TPSA) is 58.4 Å². The molecule has 96 valence electrons. The fraction of sp³-hybridized carbons (Fsp3) is 0.385. The Morgan fingerprint density at radius 1 is 1.44 bits per heavy atom. The Balaban J connectivity index is 2.37. The van der Waals surface area contributed by atoms with Crippen molar-refractivity contribution in [1.82, 2.24) is 5.32 Å². The SMILES string of the molecule is Cc1cccc(C(N)=S)c1N1CCNC(=O)CC1. The van der Waals surface area contributed by atoms with E-state index in [1.807, 2.05) is 25.1 Å². The van der Waals surface area contributed by atoms with E-state index in [0.717, 1.165) is 23.4 Å². The van der Waals surface area contributed by atoms with Crippen LogP contribution in [0.25, 0.3) is 0 Å². The molecule has 0 aliphatic carbocycles. The van der Waals surface area contributed by atoms with Gasteiger partial charge < -0.3 is 16.0 Å². The van der Waals surface area contributed by atoms with Crippen LogP contribution >= 0.6 is 12.2 Å². The Hall–Kier alpha value is -1.62. The highest BCUT2D eigenvalue weighted by molar-refractivity contribution is 7.80. The molecule has 18 heavy (non-hydrogen) atoms. The number of nitrogens with one attached hydrogen (secondary N) is 1. The Morgan fingerprint density at radius 2 is 2.22 bits per heavy atom. The highest BCUT2D eigenvalue weighted by atomic mass is 32.1. The van der Waals surface area contributed by atoms with E-state index in [0.29, 0.717) is 24.5 Å². The molecule has 2 rings (SSSR count). The molecule has 0 bridgehead atoms. The number of carbonyl (C=O) groups excluding carboxylic acids is 1. The molecule has 1 aromatic carbocycles. The lowest BCUT2D eigenvalue weighted by Crippen LogP contribution is -2.30. The van der Waals surface area contributed by atoms with Crippen LogP contribution in [0.3, 0.4) is 0 Å². The van der Waals surface area contributed by atoms with E-state index in [4.69, 9.17) is 18.0 Å². The third kappa shape index (κ3) is 2.61. The van der Waals surface area contributed by atoms with Gasteiger partial charge in [0.1, 0.15) is 4.99 Å². The average molecular weight is 263 g/mol. The summed E-state index contributed by atoms with van der Waals surface area (Å²) in [6.45, 7) is 4.18. The first kappa shape index (κ1) is 12.8. The second-order valence-electron chi connectivity index (χ2n) is 4.42. The second-order valence-corrected chi connectivity index (χ2v) is 4.86. The van der Waals surface area contributed by atoms with Crippen LogP contribution < -0.4 is 16.0 Å². The van der Waals surface area contributed by atoms with Gasteiger partial charge in [-0.1, -0.05) is 24.4 Å². The first-order chi connectivity index (χ1) is 8.59. The molecule has 0 unspecified atom stereocenters. The molecule has 0 aromatic heterocycles. The van der Waals surface area contributed by atoms with Crippen molar-refractivity contribution in [2.24, 2.45) is 5.73 Å². The van der Waals surface area contributed by atoms with Gasteiger partial charge in [0.25, 0.3) is 0 Å². The summed E-state index contributed by atoms with van der Waals surface area (Å²) in [4.78, 5) is 14.0. The van der Waals surface area contributed by atoms with Gasteiger partial charge in [-0.25, -0.2) is 0 Å². The highest BCUT2D eigenvalue weighted by Crippen LogP contribution is 2.25. The number of nitrogens with two attached hydrogens (primary N) is 1. The molecular formula is C13H17N3OS. The van der Waals surface area contributed by atoms with Crippen LogP contribution in [-0.2, 0) is 4.79 Å². The molecule has 1 saturated heterocycles. The smallest absolute Gasteiger partial charge is 0.221 e. The van der Waals surface area contributed by atoms with Crippen molar-refractivity contribution in [2.75, 3.05) is 24.5 Å². The molecule has 0 saturated carbocycles. The summed E-state index contributed by atoms with van der Waals surface area (Å²) in [5, 5.41) is 2.87. The van der Waals surface area contributed by atoms with Crippen molar-refractivity contribution in [3.63, 3.8) is 0 Å². The van der Waals surface area contributed by atoms with Crippen molar-refractivity contribution >= 4 is 28.8 Å². The van der Waals surface area contributed by atoms with Crippen molar-refractivity contribution in [3.05, 3.63) is 29.3 Å². The molecule has 1 fully saturated rings. The molecule has 0 spiro atoms. The van der Waals surface area contributed by atoms with Gasteiger partial charge in [0, 0.05) is 37.3 Å². The molecule has 1 aliphatic heterocycles. The molecular weight excluding hydrogens is 246 g/mol. The Morgan fingerprint density at radius 3 is 2.94 bits per heavy atom. The molecule has 0 atom stereocenters. The summed E-state index contributed by atoms with van der Waals surface area (Å²) in [6.07, 6.45) is 0.505. The second kappa shape index (κ2) is 5.35. The van der Waals surface area contributed by atoms with Crippen molar-refractivity contribution < 1.29 is 4.79 Å². The zero-order chi connectivity index (χ0) is 13.1. The van der Waals surface area contributed by atoms with Crippen molar-refractivity contribution in [1.29, 1.82) is 0 Å². The number of hydrogen-bond donors (Lipinski definition) is 2. The van der Waals surface area contributed by atoms with Crippen LogP contribution in [-0.4, -0.2) is 30.5 Å². The van der Waals surface area contributed by atoms with Gasteiger partial charge in [0.15, 0.2) is 0 Å². The lowest BCUT2D eigenvalue weighted by Gasteiger charge is -2.26. The largest absolute Gasteiger partial charge is 0.389 e. The van der Waals surface area contributed by atoms with Crippen LogP contribution in [0.15, 0.2) is 18.2 Å². The Bertz CT molecular complexity index is 487. The highest BCUT2D eigenvalue weighted by Gasteiger charge is 2.18. The molecule has 0 radical (unpaired) electrons. The first-order valence-corrected chi connectivity index (χ1v) is 6.41. The number of amides is 1. The standard InChI is InChI=1S/C13H17N3OS/c1-9-3-2-4-10(13(14)18)12(9)16-7-5-11(17)15-6-8-16/h2-4H,5-8H2,1H3,(H2,14,18)(H,15,17). The molecule has 4 nitrogen and oxygen atoms in total. The fourth-order valence-corrected chi connectivity index (χ4v) is 2.43. The number of thiocarbonyl (C=S) groups is 1. The van der Waals surface area contributed by atoms with E-state index in [2.05, 4.69) is 10.2 Å². The number of nitrogens with zero attached hydrogens (tertiary/aromatic N) is 1. The minimum absolute atomic E-state index is 0.1000. The van der Waals surface area contributed by atoms with Crippen LogP contribution in [0.5, 0.6) is 0 Å². The fourth-order valence-electron chi connectivity index (χ4n) is 2.27. The summed E-state index contributed by atoms with van der Waals surface area (Å²) in [7, 11) is 0. The van der Waals surface area contributed by atoms with Gasteiger partial charge in [-0.05, 0) is 18.6 Å². The Labute approximate surface area is 112 Å². The van der Waals surface area contributed by atoms with E-state index in [9.17, 15) is 4.79 Å². The van der Waals surface area contributed by atoms with Crippen LogP contribution in [0.2, 0.25) is 0 Å². The molecule has 1 aliphatic rings. The lowest BCUT2D eigenvalue weighted by atomic mass is 10.1. The third-order valence-electron chi connectivity index (χ3n) is 3.13. The number of hydrogen-bond acceptors (Lipinski definition) is 3. The number of carbonyl (C=O) groups is 1. The predicted molar refractivity (Wildman–Crippen MR) is 76.9 cm³/mol. The summed E-state index contributed by atoms with van der Waals surface area (Å²) in [5.74, 6) is 0.1000. The predicted octanol–water partition coefficient (Wildman–Crippen LogP) is 0.956. The maximum atomic E-state index is 11.4. The average Bonchev–Trinajstić information content (AvgIpc) is 2.53. The van der Waals surface area contributed by atoms with Crippen molar-refractivity contribution in [3.8, 4) is 0 Å². The zero-order valence-corrected chi connectivity index (χ0v) is 11.2. The van der Waals surface area contributed by atoms with Gasteiger partial charge in [-0.3, -0.25) is 4.79 Å². The quantitative estimate of drug-likeness (QED) is 0.780. The van der Waals surface area contributed by atoms with E-state index in [1.54, 1.807) is 0 Å². The third-order valence-corrected chi connectivity index (χ3v) is 3.35. The maximum absolute atomic E-state index is 11.4. The van der Waals surface area contributed by atoms with E-state index in [1.165, 1.54) is 0 Å². The number of aryl methyl sites for hydroxylation is 1. The van der Waals surface area contributed by atoms with Crippen LogP contribution in [0.1, 0.15) is 17.5 Å². The van der Waals surface area contributed by atoms with Gasteiger partial charge in [0.05, 0.1) is 0 Å². The number of benzene rings is 1. The maximum Gasteiger partial charge on any atom is 0.221 e. The summed E-state index contributed by atoms with van der Waals surface area (Å²) < 4.78 is 0. The Kier molecular flexibility index (Phi) is 3.81. The number of para-hydroxylation sites is 1. The van der Waals surface area contributed by atoms with Gasteiger partial charge in [-0.15, -0.1) is 0 Å². The minimum atomic E-state index is 0.1000. The molecule has 1 aromatic rings. The summed E-state index contributed by atoms with van der Waals surface area (Å²) in [5.41, 5.74) is 8.86. The van der Waals surface area contributed by atoms with Gasteiger partial charge in [-0.2, -0.15) is 0 Å². The summed E-state index contributed by atoms with van der Waals surface area (Å²) in [6, 6.07) is 5.93. The van der Waals surface area contributed by atoms with Crippen LogP contribution in [0.4, 0.5) is 5.69 Å². The van der Waals surface area contributed by atoms with E-state index >= 15 is 0 Å². The van der Waals surface area contributed by atoms with Gasteiger partial charge in [0.2, 0.25) is 5.91 Å². The molecule has 3 N–H and O–H groups in total. The number of rotatable bonds is 2. The lowest BCUT2D eigenvalue weighted by molar-refractivity contribution is -0.120. The molecule has 5 heteroatoms. The van der Waals surface area contributed by atoms with Crippen LogP contribution in [0, 0.1) is 6.92 Å². The van der Waals surface area contributed by atoms with E-state index in [-0.39, 0.29) is 5.91 Å². The normalized spacial score (nSPS) is 16.1. The summed E-state index contributed by atoms with van der Waals surface area (Å²) >= 11 is 5.10. The molecule has 1 heterocycles. The monoisotopic (exact) mass is 263 g/mol. The van der Waals surface area contributed by atoms with Crippen molar-refractivity contribution in [2.45, 2.75) is 13.3 Å².